The van der Waals surface area contributed by atoms with E-state index < -0.39 is 42.0 Å². The van der Waals surface area contributed by atoms with E-state index in [2.05, 4.69) is 38.8 Å². The number of rotatable bonds is 37. The summed E-state index contributed by atoms with van der Waals surface area (Å²) in [6, 6.07) is 83.8. The van der Waals surface area contributed by atoms with Gasteiger partial charge in [-0.05, 0) is 140 Å². The number of nitrogens with two attached hydrogens (primary N) is 1. The van der Waals surface area contributed by atoms with E-state index in [1.54, 1.807) is 32.4 Å². The van der Waals surface area contributed by atoms with Crippen molar-refractivity contribution in [3.05, 3.63) is 356 Å². The number of hydrogen-bond donors (Lipinski definition) is 2. The Morgan fingerprint density at radius 2 is 0.821 bits per heavy atom. The van der Waals surface area contributed by atoms with Crippen molar-refractivity contribution in [2.24, 2.45) is 29.4 Å². The van der Waals surface area contributed by atoms with Gasteiger partial charge in [0.05, 0.1) is 109 Å². The van der Waals surface area contributed by atoms with E-state index in [-0.39, 0.29) is 147 Å². The number of carbonyl (C=O) groups excluding carboxylic acids is 9. The largest absolute Gasteiger partial charge is 0.497 e. The van der Waals surface area contributed by atoms with E-state index in [1.807, 2.05) is 261 Å². The molecule has 2 unspecified atom stereocenters. The van der Waals surface area contributed by atoms with Crippen LogP contribution in [0.25, 0.3) is 0 Å². The molecule has 5 fully saturated rings. The summed E-state index contributed by atoms with van der Waals surface area (Å²) in [6.07, 6.45) is 10.0. The fourth-order valence-electron chi connectivity index (χ4n) is 14.7. The molecule has 9 atom stereocenters. The van der Waals surface area contributed by atoms with E-state index in [1.165, 1.54) is 15.4 Å². The average molecular weight is 1940 g/mol. The molecule has 3 N–H and O–H groups in total. The Morgan fingerprint density at radius 1 is 0.463 bits per heavy atom. The van der Waals surface area contributed by atoms with Gasteiger partial charge in [-0.25, -0.2) is 29.1 Å². The third-order valence-corrected chi connectivity index (χ3v) is 21.9. The summed E-state index contributed by atoms with van der Waals surface area (Å²) >= 11 is 0. The average Bonchev–Trinajstić information content (AvgIpc) is 1.73. The second-order valence-corrected chi connectivity index (χ2v) is 31.8. The minimum Gasteiger partial charge on any atom is -0.497 e. The van der Waals surface area contributed by atoms with Crippen molar-refractivity contribution in [2.75, 3.05) is 67.0 Å². The fraction of sp³-hybridized carbons (Fsp3) is 0.336. The number of nitrogens with zero attached hydrogens (tertiary/aromatic N) is 4. The van der Waals surface area contributed by atoms with Crippen LogP contribution in [0.4, 0.5) is 14.4 Å². The standard InChI is InChI=1S/C23H25NO4.C22H23NO5.C21H25NO3.C15H17NO3.C11H12O2.C9H13NO.C5H8O2.CH3.Pd.H2S/c1-2-9-20(16-27-15-19-12-7-4-8-13-19)22(25)24-21(17-28-23(24)26)14-18-10-5-3-6-11-18;24-12-11-19(15-27-14-18-9-5-2-6-10-18)21(25)23-20(16-28-22(23)26)13-17-7-3-1-4-8-17;1-16(18-8-10-20(24-2)11-9-18)22-13-12-19(21(22)23)15-25-14-17-6-4-3-5-7-17;1-2-3-9-14(17)16-13(11-19-15(16)18)10-12-7-5-4-6-8-12;12-11-7-10(8-13-11)6-9-4-2-1-3-5-9;1-7(10)8-3-5-9(11-2)6-4-8;1-2-3-4-5(6)7;;;/h2-8,10-13,20-21H,1,9,14-17H2;1-10,12,19-20H,11,13-16H2;3-11,16,19H,12-15H2,1-2H3;2,4-8,13H,1,3,9-11H2;1-5,10H,6-8H2;3-7H,10H2,1-2H3;2H,1,3-4H2,(H,6,7);1H3;;1H2/q;;;;;;;-1;;/t20-,21+;19-,20+;16?,19-;13-;10-;;;;;/m00010...../s1. The SMILES string of the molecule is C=CCCC(=O)N1C(=O)OC[C@H]1Cc1ccccc1.C=CCCC(=O)O.C=CC[C@@H](COCc1ccccc1)C(=O)N1C(=O)OC[C@H]1Cc1ccccc1.COc1ccc(C(C)N)cc1.COc1ccc(C(C)N2CC[C@@H](COCc3ccccc3)C2=O)cc1.O=C1C[C@H](Cc2ccccc2)CO1.O=CC[C@@H](COCc1ccccc1)C(=O)N1C(=O)OC[C@H]1Cc1ccccc1.S.[CH3-].[Pd]. The van der Waals surface area contributed by atoms with Gasteiger partial charge in [-0.1, -0.05) is 255 Å². The molecule has 718 valence electrons. The van der Waals surface area contributed by atoms with Crippen molar-refractivity contribution < 1.29 is 116 Å². The Hall–Kier alpha value is -12.4. The maximum absolute atomic E-state index is 13.1. The molecule has 0 saturated carbocycles. The molecule has 25 nitrogen and oxygen atoms in total. The van der Waals surface area contributed by atoms with E-state index in [4.69, 9.17) is 53.5 Å². The molecule has 5 heterocycles. The summed E-state index contributed by atoms with van der Waals surface area (Å²) in [5, 5.41) is 8.00. The number of methoxy groups -OCH3 is 2. The molecule has 0 radical (unpaired) electrons. The van der Waals surface area contributed by atoms with Crippen LogP contribution in [-0.2, 0) is 133 Å². The molecule has 27 heteroatoms. The zero-order valence-corrected chi connectivity index (χ0v) is 79.7. The van der Waals surface area contributed by atoms with Crippen molar-refractivity contribution in [3.8, 4) is 11.5 Å². The van der Waals surface area contributed by atoms with Crippen molar-refractivity contribution in [1.29, 1.82) is 0 Å². The Morgan fingerprint density at radius 3 is 1.17 bits per heavy atom. The third-order valence-electron chi connectivity index (χ3n) is 21.9. The Labute approximate surface area is 809 Å². The predicted molar refractivity (Wildman–Crippen MR) is 516 cm³/mol. The molecule has 5 saturated heterocycles. The zero-order chi connectivity index (χ0) is 93.9. The summed E-state index contributed by atoms with van der Waals surface area (Å²) in [5.41, 5.74) is 15.5. The number of allylic oxidation sites excluding steroid dienone is 3. The van der Waals surface area contributed by atoms with Crippen LogP contribution in [0, 0.1) is 31.1 Å². The summed E-state index contributed by atoms with van der Waals surface area (Å²) < 4.78 is 47.6. The van der Waals surface area contributed by atoms with Crippen LogP contribution >= 0.6 is 13.5 Å². The van der Waals surface area contributed by atoms with E-state index in [9.17, 15) is 47.9 Å². The number of benzene rings is 9. The van der Waals surface area contributed by atoms with Crippen LogP contribution in [-0.4, -0.2) is 170 Å². The molecule has 9 aromatic rings. The Kier molecular flexibility index (Phi) is 52.6. The number of likely N-dealkylation sites (tertiary alicyclic amines) is 1. The first-order valence-electron chi connectivity index (χ1n) is 44.1. The van der Waals surface area contributed by atoms with Crippen molar-refractivity contribution in [3.63, 3.8) is 0 Å². The molecule has 0 spiro atoms. The smallest absolute Gasteiger partial charge is 0.416 e. The molecule has 5 aliphatic rings. The van der Waals surface area contributed by atoms with Gasteiger partial charge in [-0.2, -0.15) is 13.5 Å². The maximum atomic E-state index is 13.1. The zero-order valence-electron chi connectivity index (χ0n) is 77.1. The number of esters is 1. The summed E-state index contributed by atoms with van der Waals surface area (Å²) in [7, 11) is 3.31. The van der Waals surface area contributed by atoms with Gasteiger partial charge in [-0.15, -0.1) is 19.7 Å². The van der Waals surface area contributed by atoms with Crippen LogP contribution in [0.1, 0.15) is 127 Å². The number of hydrogen-bond acceptors (Lipinski definition) is 20. The van der Waals surface area contributed by atoms with Crippen LogP contribution < -0.4 is 15.2 Å². The number of amides is 7. The van der Waals surface area contributed by atoms with Crippen LogP contribution in [0.15, 0.2) is 299 Å². The maximum Gasteiger partial charge on any atom is 0.416 e. The number of carbonyl (C=O) groups is 10. The number of aldehydes is 1. The first-order chi connectivity index (χ1) is 63.6. The number of aliphatic carboxylic acids is 1. The molecule has 9 aromatic carbocycles. The number of carboxylic acids is 1. The normalized spacial score (nSPS) is 16.8. The molecular weight excluding hydrogens is 1810 g/mol. The van der Waals surface area contributed by atoms with Gasteiger partial charge < -0.3 is 70.6 Å². The molecule has 7 amide bonds. The monoisotopic (exact) mass is 1940 g/mol. The number of cyclic esters (lactones) is 4. The summed E-state index contributed by atoms with van der Waals surface area (Å²) in [4.78, 5) is 124. The number of imide groups is 3. The summed E-state index contributed by atoms with van der Waals surface area (Å²) in [6.45, 7) is 18.8. The van der Waals surface area contributed by atoms with Crippen LogP contribution in [0.2, 0.25) is 0 Å². The van der Waals surface area contributed by atoms with Gasteiger partial charge >= 0.3 is 30.2 Å². The molecular formula is C107H128N5O20PdS-. The van der Waals surface area contributed by atoms with E-state index >= 15 is 0 Å². The second-order valence-electron chi connectivity index (χ2n) is 31.8. The molecule has 0 bridgehead atoms. The minimum absolute atomic E-state index is 0. The van der Waals surface area contributed by atoms with Crippen LogP contribution in [0.3, 0.4) is 0 Å². The topological polar surface area (TPSA) is 313 Å². The number of ether oxygens (including phenoxy) is 9. The van der Waals surface area contributed by atoms with E-state index in [0.29, 0.717) is 96.6 Å². The Bertz CT molecular complexity index is 4840. The molecule has 0 aliphatic carbocycles. The van der Waals surface area contributed by atoms with Gasteiger partial charge in [0.25, 0.3) is 0 Å². The van der Waals surface area contributed by atoms with Gasteiger partial charge in [0.2, 0.25) is 23.6 Å². The van der Waals surface area contributed by atoms with Crippen LogP contribution in [0.5, 0.6) is 11.5 Å². The number of carboxylic acid groups (broad SMARTS) is 1. The second kappa shape index (κ2) is 62.9. The van der Waals surface area contributed by atoms with Crippen molar-refractivity contribution in [2.45, 2.75) is 141 Å². The van der Waals surface area contributed by atoms with Gasteiger partial charge in [0.15, 0.2) is 0 Å². The van der Waals surface area contributed by atoms with Crippen molar-refractivity contribution in [1.82, 2.24) is 19.6 Å². The predicted octanol–water partition coefficient (Wildman–Crippen LogP) is 18.5. The third kappa shape index (κ3) is 38.6. The molecule has 14 rings (SSSR count). The minimum atomic E-state index is -0.764. The van der Waals surface area contributed by atoms with Gasteiger partial charge in [-0.3, -0.25) is 28.8 Å². The first kappa shape index (κ1) is 112. The van der Waals surface area contributed by atoms with E-state index in [0.717, 1.165) is 80.3 Å². The van der Waals surface area contributed by atoms with Gasteiger partial charge in [0.1, 0.15) is 37.6 Å². The quantitative estimate of drug-likeness (QED) is 0.00912. The first-order valence-corrected chi connectivity index (χ1v) is 44.1. The summed E-state index contributed by atoms with van der Waals surface area (Å²) in [5.74, 6) is -0.652. The molecule has 5 aliphatic heterocycles. The van der Waals surface area contributed by atoms with Gasteiger partial charge in [0, 0.05) is 58.2 Å². The fourth-order valence-corrected chi connectivity index (χ4v) is 14.7. The van der Waals surface area contributed by atoms with Crippen molar-refractivity contribution >= 4 is 73.6 Å². The molecule has 0 aromatic heterocycles. The Balaban J connectivity index is 0.000000285. The molecule has 134 heavy (non-hydrogen) atoms.